The monoisotopic (exact) mass is 442 g/mol. The maximum atomic E-state index is 12.9. The first kappa shape index (κ1) is 21.1. The summed E-state index contributed by atoms with van der Waals surface area (Å²) < 4.78 is 0. The van der Waals surface area contributed by atoms with Gasteiger partial charge in [0.1, 0.15) is 0 Å². The van der Waals surface area contributed by atoms with Crippen molar-refractivity contribution in [2.24, 2.45) is 17.8 Å². The maximum absolute atomic E-state index is 12.9. The first-order chi connectivity index (χ1) is 16.0. The van der Waals surface area contributed by atoms with Crippen LogP contribution in [-0.4, -0.2) is 37.0 Å². The first-order valence-corrected chi connectivity index (χ1v) is 12.4. The highest BCUT2D eigenvalue weighted by molar-refractivity contribution is 6.08. The Morgan fingerprint density at radius 3 is 2.85 bits per heavy atom. The smallest absolute Gasteiger partial charge is 0.235 e. The van der Waals surface area contributed by atoms with Gasteiger partial charge >= 0.3 is 0 Å². The van der Waals surface area contributed by atoms with E-state index in [0.29, 0.717) is 29.8 Å². The van der Waals surface area contributed by atoms with E-state index in [-0.39, 0.29) is 11.3 Å². The van der Waals surface area contributed by atoms with E-state index in [0.717, 1.165) is 25.1 Å². The van der Waals surface area contributed by atoms with Crippen molar-refractivity contribution in [3.63, 3.8) is 0 Å². The lowest BCUT2D eigenvalue weighted by atomic mass is 9.73. The molecule has 6 atom stereocenters. The molecule has 2 aliphatic heterocycles. The van der Waals surface area contributed by atoms with E-state index in [1.165, 1.54) is 29.5 Å². The lowest BCUT2D eigenvalue weighted by Crippen LogP contribution is -2.37. The Balaban J connectivity index is 1.11. The quantitative estimate of drug-likeness (QED) is 0.657. The summed E-state index contributed by atoms with van der Waals surface area (Å²) in [5.41, 5.74) is 11.8. The topological polar surface area (TPSA) is 56.4 Å². The van der Waals surface area contributed by atoms with Crippen molar-refractivity contribution >= 4 is 17.7 Å². The second-order valence-corrected chi connectivity index (χ2v) is 10.8. The van der Waals surface area contributed by atoms with Crippen LogP contribution >= 0.6 is 0 Å². The number of carbonyl (C=O) groups excluding carboxylic acids is 1. The number of para-hydroxylation sites is 1. The summed E-state index contributed by atoms with van der Waals surface area (Å²) >= 11 is 0. The number of hydrazine groups is 1. The normalized spacial score (nSPS) is 34.6. The molecule has 1 saturated heterocycles. The fourth-order valence-electron chi connectivity index (χ4n) is 6.83. The Bertz CT molecular complexity index is 1090. The Morgan fingerprint density at radius 2 is 1.97 bits per heavy atom. The van der Waals surface area contributed by atoms with Crippen molar-refractivity contribution in [3.8, 4) is 0 Å². The molecule has 2 saturated carbocycles. The molecule has 2 aromatic carbocycles. The molecule has 0 radical (unpaired) electrons. The molecular weight excluding hydrogens is 408 g/mol. The van der Waals surface area contributed by atoms with Gasteiger partial charge in [-0.1, -0.05) is 54.6 Å². The summed E-state index contributed by atoms with van der Waals surface area (Å²) in [6, 6.07) is 17.9. The van der Waals surface area contributed by atoms with E-state index in [9.17, 15) is 4.79 Å². The molecule has 33 heavy (non-hydrogen) atoms. The summed E-state index contributed by atoms with van der Waals surface area (Å²) in [4.78, 5) is 15.1. The average Bonchev–Trinajstić information content (AvgIpc) is 3.34. The molecule has 4 unspecified atom stereocenters. The van der Waals surface area contributed by atoms with Crippen LogP contribution in [0.15, 0.2) is 54.6 Å². The predicted octanol–water partition coefficient (Wildman–Crippen LogP) is 3.93. The number of benzene rings is 2. The molecule has 0 aromatic heterocycles. The van der Waals surface area contributed by atoms with Crippen LogP contribution in [-0.2, 0) is 16.8 Å². The zero-order valence-corrected chi connectivity index (χ0v) is 19.6. The fraction of sp³-hybridized carbons (Fsp3) is 0.464. The van der Waals surface area contributed by atoms with E-state index in [2.05, 4.69) is 83.7 Å². The van der Waals surface area contributed by atoms with Crippen LogP contribution in [0.2, 0.25) is 0 Å². The molecular formula is C28H34N4O. The number of carbonyl (C=O) groups is 1. The van der Waals surface area contributed by atoms with E-state index in [1.54, 1.807) is 0 Å². The lowest BCUT2D eigenvalue weighted by Gasteiger charge is -2.33. The number of nitrogens with zero attached hydrogens (tertiary/aromatic N) is 1. The highest BCUT2D eigenvalue weighted by atomic mass is 16.2. The van der Waals surface area contributed by atoms with E-state index in [1.807, 2.05) is 12.1 Å². The van der Waals surface area contributed by atoms with Gasteiger partial charge in [-0.3, -0.25) is 15.6 Å². The molecule has 1 spiro atoms. The highest BCUT2D eigenvalue weighted by Gasteiger charge is 2.67. The Kier molecular flexibility index (Phi) is 5.17. The third-order valence-corrected chi connectivity index (χ3v) is 8.43. The summed E-state index contributed by atoms with van der Waals surface area (Å²) in [6.07, 6.45) is 9.20. The molecule has 6 rings (SSSR count). The second kappa shape index (κ2) is 8.08. The van der Waals surface area contributed by atoms with E-state index in [4.69, 9.17) is 0 Å². The summed E-state index contributed by atoms with van der Waals surface area (Å²) in [5.74, 6) is 1.94. The van der Waals surface area contributed by atoms with Gasteiger partial charge in [-0.05, 0) is 80.3 Å². The molecule has 172 valence electrons. The number of hydrogen-bond donors (Lipinski definition) is 3. The highest BCUT2D eigenvalue weighted by Crippen LogP contribution is 2.64. The van der Waals surface area contributed by atoms with Gasteiger partial charge in [0.15, 0.2) is 0 Å². The number of rotatable bonds is 5. The zero-order valence-electron chi connectivity index (χ0n) is 19.6. The molecule has 4 aliphatic rings. The molecule has 5 heteroatoms. The van der Waals surface area contributed by atoms with Crippen molar-refractivity contribution in [2.45, 2.75) is 49.7 Å². The third kappa shape index (κ3) is 3.63. The van der Waals surface area contributed by atoms with Crippen LogP contribution in [0.5, 0.6) is 0 Å². The second-order valence-electron chi connectivity index (χ2n) is 10.8. The molecule has 0 bridgehead atoms. The van der Waals surface area contributed by atoms with Crippen molar-refractivity contribution in [3.05, 3.63) is 71.3 Å². The van der Waals surface area contributed by atoms with Crippen LogP contribution in [0.1, 0.15) is 42.4 Å². The summed E-state index contributed by atoms with van der Waals surface area (Å²) in [7, 11) is 4.21. The van der Waals surface area contributed by atoms with Crippen LogP contribution in [0.4, 0.5) is 5.69 Å². The van der Waals surface area contributed by atoms with Crippen molar-refractivity contribution in [1.82, 2.24) is 15.8 Å². The predicted molar refractivity (Wildman–Crippen MR) is 132 cm³/mol. The molecule has 2 heterocycles. The number of anilines is 1. The minimum Gasteiger partial charge on any atom is -0.325 e. The van der Waals surface area contributed by atoms with Gasteiger partial charge in [0.05, 0.1) is 5.41 Å². The summed E-state index contributed by atoms with van der Waals surface area (Å²) in [6.45, 7) is 0.960. The Morgan fingerprint density at radius 1 is 1.09 bits per heavy atom. The van der Waals surface area contributed by atoms with E-state index < -0.39 is 0 Å². The Hall–Kier alpha value is -2.47. The van der Waals surface area contributed by atoms with Gasteiger partial charge in [0.25, 0.3) is 0 Å². The zero-order chi connectivity index (χ0) is 22.6. The van der Waals surface area contributed by atoms with Crippen LogP contribution in [0.25, 0.3) is 6.08 Å². The van der Waals surface area contributed by atoms with Crippen molar-refractivity contribution in [2.75, 3.05) is 19.4 Å². The number of nitrogens with one attached hydrogen (secondary N) is 3. The van der Waals surface area contributed by atoms with Crippen molar-refractivity contribution < 1.29 is 4.79 Å². The molecule has 3 fully saturated rings. The Labute approximate surface area is 196 Å². The van der Waals surface area contributed by atoms with Crippen LogP contribution < -0.4 is 16.2 Å². The van der Waals surface area contributed by atoms with E-state index >= 15 is 0 Å². The van der Waals surface area contributed by atoms with Gasteiger partial charge in [-0.15, -0.1) is 0 Å². The molecule has 3 N–H and O–H groups in total. The molecule has 2 aliphatic carbocycles. The largest absolute Gasteiger partial charge is 0.325 e. The number of fused-ring (bicyclic) bond motifs is 3. The fourth-order valence-corrected chi connectivity index (χ4v) is 6.83. The molecule has 1 amide bonds. The minimum atomic E-state index is -0.253. The standard InChI is InChI=1S/C28H34N4O/c1-32(2)17-19-7-5-6-18(14-19)10-13-24-21-12-11-20(15-26(21)31-30-24)23-16-28(23)22-8-3-4-9-25(22)29-27(28)33/h3-10,13-14,20-21,23-24,26,30-31H,11-12,15-17H2,1-2H3,(H,29,33)/b13-10+/t20?,21?,23-,24?,26?,28-/m0/s1. The van der Waals surface area contributed by atoms with Crippen LogP contribution in [0, 0.1) is 17.8 Å². The maximum Gasteiger partial charge on any atom is 0.235 e. The van der Waals surface area contributed by atoms with Gasteiger partial charge < -0.3 is 10.2 Å². The van der Waals surface area contributed by atoms with Crippen molar-refractivity contribution in [1.29, 1.82) is 0 Å². The van der Waals surface area contributed by atoms with Gasteiger partial charge in [-0.25, -0.2) is 0 Å². The molecule has 2 aromatic rings. The number of hydrogen-bond acceptors (Lipinski definition) is 4. The van der Waals surface area contributed by atoms with Gasteiger partial charge in [0, 0.05) is 24.3 Å². The average molecular weight is 443 g/mol. The number of amides is 1. The van der Waals surface area contributed by atoms with Gasteiger partial charge in [0.2, 0.25) is 5.91 Å². The van der Waals surface area contributed by atoms with Crippen LogP contribution in [0.3, 0.4) is 0 Å². The van der Waals surface area contributed by atoms with Gasteiger partial charge in [-0.2, -0.15) is 0 Å². The SMILES string of the molecule is CN(C)Cc1cccc(/C=C/C2NNC3CC([C@@H]4C[C@@]45C(=O)Nc4ccccc45)CCC23)c1. The molecule has 5 nitrogen and oxygen atoms in total. The minimum absolute atomic E-state index is 0.227. The lowest BCUT2D eigenvalue weighted by molar-refractivity contribution is -0.118. The first-order valence-electron chi connectivity index (χ1n) is 12.4. The summed E-state index contributed by atoms with van der Waals surface area (Å²) in [5, 5.41) is 3.14. The third-order valence-electron chi connectivity index (χ3n) is 8.43.